The number of nitrogens with one attached hydrogen (secondary N) is 1. The number of halogens is 3. The molecule has 0 fully saturated rings. The van der Waals surface area contributed by atoms with Crippen molar-refractivity contribution in [2.24, 2.45) is 0 Å². The van der Waals surface area contributed by atoms with Crippen molar-refractivity contribution in [3.8, 4) is 0 Å². The van der Waals surface area contributed by atoms with E-state index in [0.717, 1.165) is 24.3 Å². The molecule has 0 spiro atoms. The molecule has 4 nitrogen and oxygen atoms in total. The zero-order valence-corrected chi connectivity index (χ0v) is 17.1. The number of anilines is 3. The third-order valence-corrected chi connectivity index (χ3v) is 5.31. The van der Waals surface area contributed by atoms with Gasteiger partial charge in [-0.3, -0.25) is 0 Å². The summed E-state index contributed by atoms with van der Waals surface area (Å²) < 4.78 is 26.8. The number of rotatable bonds is 4. The Balaban J connectivity index is 0.00000240. The van der Waals surface area contributed by atoms with Gasteiger partial charge in [0.1, 0.15) is 18.3 Å². The van der Waals surface area contributed by atoms with Gasteiger partial charge in [0.05, 0.1) is 11.7 Å². The fourth-order valence-electron chi connectivity index (χ4n) is 3.74. The fraction of sp³-hybridized carbons (Fsp3) is 0.273. The lowest BCUT2D eigenvalue weighted by Gasteiger charge is -2.37. The number of aromatic nitrogens is 2. The van der Waals surface area contributed by atoms with E-state index in [2.05, 4.69) is 45.3 Å². The second-order valence-electron chi connectivity index (χ2n) is 7.03. The van der Waals surface area contributed by atoms with Gasteiger partial charge in [-0.15, -0.1) is 12.4 Å². The highest BCUT2D eigenvalue weighted by atomic mass is 35.5. The first-order chi connectivity index (χ1) is 13.6. The van der Waals surface area contributed by atoms with Crippen molar-refractivity contribution in [2.75, 3.05) is 16.8 Å². The number of nitrogens with zero attached hydrogens (tertiary/aromatic N) is 3. The van der Waals surface area contributed by atoms with Crippen LogP contribution in [0.2, 0.25) is 0 Å². The summed E-state index contributed by atoms with van der Waals surface area (Å²) >= 11 is 0. The highest BCUT2D eigenvalue weighted by Gasteiger charge is 2.27. The van der Waals surface area contributed by atoms with Crippen LogP contribution in [0.15, 0.2) is 48.5 Å². The van der Waals surface area contributed by atoms with E-state index in [1.165, 1.54) is 23.3 Å². The highest BCUT2D eigenvalue weighted by Crippen LogP contribution is 2.35. The third kappa shape index (κ3) is 4.17. The molecule has 1 atom stereocenters. The minimum atomic E-state index is -0.668. The lowest BCUT2D eigenvalue weighted by atomic mass is 9.93. The Morgan fingerprint density at radius 3 is 2.55 bits per heavy atom. The molecule has 1 aromatic heterocycles. The van der Waals surface area contributed by atoms with Gasteiger partial charge < -0.3 is 10.2 Å². The zero-order chi connectivity index (χ0) is 19.7. The third-order valence-electron chi connectivity index (χ3n) is 5.31. The first-order valence-electron chi connectivity index (χ1n) is 9.37. The van der Waals surface area contributed by atoms with Crippen LogP contribution in [0, 0.1) is 12.7 Å². The summed E-state index contributed by atoms with van der Waals surface area (Å²) in [6.45, 7) is 4.14. The Hall–Kier alpha value is -2.73. The van der Waals surface area contributed by atoms with Gasteiger partial charge in [-0.25, -0.2) is 13.8 Å². The van der Waals surface area contributed by atoms with Gasteiger partial charge in [-0.05, 0) is 55.7 Å². The lowest BCUT2D eigenvalue weighted by molar-refractivity contribution is 0.473. The van der Waals surface area contributed by atoms with Crippen LogP contribution in [0.5, 0.6) is 0 Å². The number of hydrogen-bond donors (Lipinski definition) is 1. The number of benzene rings is 2. The van der Waals surface area contributed by atoms with E-state index in [4.69, 9.17) is 0 Å². The quantitative estimate of drug-likeness (QED) is 0.593. The topological polar surface area (TPSA) is 41.1 Å². The molecular formula is C22H23ClF2N4. The number of hydrogen-bond acceptors (Lipinski definition) is 4. The van der Waals surface area contributed by atoms with Gasteiger partial charge in [-0.2, -0.15) is 4.98 Å². The average Bonchev–Trinajstić information content (AvgIpc) is 2.71. The number of alkyl halides is 1. The Bertz CT molecular complexity index is 995. The van der Waals surface area contributed by atoms with Gasteiger partial charge >= 0.3 is 0 Å². The van der Waals surface area contributed by atoms with Crippen molar-refractivity contribution in [3.05, 3.63) is 76.7 Å². The van der Waals surface area contributed by atoms with Gasteiger partial charge in [-0.1, -0.05) is 24.3 Å². The zero-order valence-electron chi connectivity index (χ0n) is 16.3. The minimum Gasteiger partial charge on any atom is -0.349 e. The van der Waals surface area contributed by atoms with Crippen LogP contribution in [-0.4, -0.2) is 16.5 Å². The predicted molar refractivity (Wildman–Crippen MR) is 114 cm³/mol. The second-order valence-corrected chi connectivity index (χ2v) is 7.03. The van der Waals surface area contributed by atoms with Crippen LogP contribution in [0.3, 0.4) is 0 Å². The average molecular weight is 417 g/mol. The Labute approximate surface area is 175 Å². The van der Waals surface area contributed by atoms with Gasteiger partial charge in [0, 0.05) is 17.8 Å². The fourth-order valence-corrected chi connectivity index (χ4v) is 3.74. The summed E-state index contributed by atoms with van der Waals surface area (Å²) in [4.78, 5) is 11.2. The molecule has 1 aliphatic rings. The summed E-state index contributed by atoms with van der Waals surface area (Å²) in [6.07, 6.45) is 0.912. The van der Waals surface area contributed by atoms with Crippen LogP contribution >= 0.6 is 12.4 Å². The maximum absolute atomic E-state index is 13.7. The van der Waals surface area contributed by atoms with E-state index >= 15 is 0 Å². The van der Waals surface area contributed by atoms with E-state index < -0.39 is 6.67 Å². The van der Waals surface area contributed by atoms with Gasteiger partial charge in [0.25, 0.3) is 0 Å². The lowest BCUT2D eigenvalue weighted by Crippen LogP contribution is -2.35. The summed E-state index contributed by atoms with van der Waals surface area (Å²) in [5, 5.41) is 3.06. The first-order valence-corrected chi connectivity index (χ1v) is 9.37. The van der Waals surface area contributed by atoms with Crippen LogP contribution in [0.1, 0.15) is 35.3 Å². The van der Waals surface area contributed by atoms with Crippen molar-refractivity contribution in [3.63, 3.8) is 0 Å². The van der Waals surface area contributed by atoms with Crippen molar-refractivity contribution >= 4 is 29.9 Å². The molecule has 4 rings (SSSR count). The molecule has 0 aliphatic carbocycles. The monoisotopic (exact) mass is 416 g/mol. The van der Waals surface area contributed by atoms with Gasteiger partial charge in [0.2, 0.25) is 5.95 Å². The van der Waals surface area contributed by atoms with E-state index in [1.54, 1.807) is 12.1 Å². The molecule has 0 saturated heterocycles. The molecule has 0 saturated carbocycles. The largest absolute Gasteiger partial charge is 0.349 e. The predicted octanol–water partition coefficient (Wildman–Crippen LogP) is 5.68. The van der Waals surface area contributed by atoms with E-state index in [-0.39, 0.29) is 24.3 Å². The Morgan fingerprint density at radius 1 is 1.10 bits per heavy atom. The summed E-state index contributed by atoms with van der Waals surface area (Å²) in [5.74, 6) is 0.724. The van der Waals surface area contributed by atoms with Gasteiger partial charge in [0.15, 0.2) is 0 Å². The molecule has 1 unspecified atom stereocenters. The summed E-state index contributed by atoms with van der Waals surface area (Å²) in [7, 11) is 0. The molecule has 1 N–H and O–H groups in total. The van der Waals surface area contributed by atoms with E-state index in [9.17, 15) is 8.78 Å². The van der Waals surface area contributed by atoms with E-state index in [1.807, 2.05) is 13.0 Å². The van der Waals surface area contributed by atoms with Crippen molar-refractivity contribution in [2.45, 2.75) is 33.0 Å². The highest BCUT2D eigenvalue weighted by molar-refractivity contribution is 5.85. The summed E-state index contributed by atoms with van der Waals surface area (Å²) in [5.41, 5.74) is 4.37. The van der Waals surface area contributed by atoms with Crippen molar-refractivity contribution in [1.29, 1.82) is 0 Å². The second kappa shape index (κ2) is 8.74. The molecule has 152 valence electrons. The normalized spacial score (nSPS) is 15.4. The van der Waals surface area contributed by atoms with Crippen LogP contribution < -0.4 is 10.2 Å². The van der Waals surface area contributed by atoms with Crippen LogP contribution in [-0.2, 0) is 13.1 Å². The maximum Gasteiger partial charge on any atom is 0.229 e. The summed E-state index contributed by atoms with van der Waals surface area (Å²) in [6, 6.07) is 14.4. The smallest absolute Gasteiger partial charge is 0.229 e. The van der Waals surface area contributed by atoms with Crippen molar-refractivity contribution < 1.29 is 8.78 Å². The SMILES string of the molecule is Cc1c(CF)nc(Nc2ccc(F)cc2)nc1N1CCc2ccccc2C1C.Cl. The molecule has 0 radical (unpaired) electrons. The minimum absolute atomic E-state index is 0. The first kappa shape index (κ1) is 21.0. The standard InChI is InChI=1S/C22H22F2N4.ClH/c1-14-20(13-23)26-22(25-18-9-7-17(24)8-10-18)27-21(14)28-12-11-16-5-3-4-6-19(16)15(28)2;/h3-10,15H,11-13H2,1-2H3,(H,25,26,27);1H. The molecule has 0 bridgehead atoms. The Kier molecular flexibility index (Phi) is 6.33. The van der Waals surface area contributed by atoms with Crippen molar-refractivity contribution in [1.82, 2.24) is 9.97 Å². The molecule has 2 heterocycles. The Morgan fingerprint density at radius 2 is 1.83 bits per heavy atom. The molecule has 7 heteroatoms. The van der Waals surface area contributed by atoms with Crippen LogP contribution in [0.4, 0.5) is 26.2 Å². The van der Waals surface area contributed by atoms with E-state index in [0.29, 0.717) is 17.3 Å². The molecule has 1 aliphatic heterocycles. The molecule has 29 heavy (non-hydrogen) atoms. The molecule has 2 aromatic carbocycles. The molecular weight excluding hydrogens is 394 g/mol. The molecule has 3 aromatic rings. The molecule has 0 amide bonds. The number of fused-ring (bicyclic) bond motifs is 1. The maximum atomic E-state index is 13.7. The van der Waals surface area contributed by atoms with Crippen LogP contribution in [0.25, 0.3) is 0 Å².